The first-order chi connectivity index (χ1) is 7.13. The molecule has 1 aromatic carbocycles. The summed E-state index contributed by atoms with van der Waals surface area (Å²) < 4.78 is 13.3. The Kier molecular flexibility index (Phi) is 4.98. The lowest BCUT2D eigenvalue weighted by molar-refractivity contribution is 0.311. The number of hydrogen-bond donors (Lipinski definition) is 2. The van der Waals surface area contributed by atoms with Crippen LogP contribution in [0.3, 0.4) is 0 Å². The summed E-state index contributed by atoms with van der Waals surface area (Å²) in [4.78, 5) is 1.96. The number of likely N-dealkylation sites (N-methyl/N-ethyl adjacent to an activating group) is 1. The zero-order chi connectivity index (χ0) is 11.3. The quantitative estimate of drug-likeness (QED) is 0.457. The molecule has 0 aromatic heterocycles. The van der Waals surface area contributed by atoms with Crippen molar-refractivity contribution >= 4 is 11.6 Å². The number of nitrogens with one attached hydrogen (secondary N) is 1. The van der Waals surface area contributed by atoms with E-state index in [1.165, 1.54) is 6.07 Å². The van der Waals surface area contributed by atoms with Crippen LogP contribution in [0.4, 0.5) is 4.39 Å². The van der Waals surface area contributed by atoms with E-state index in [9.17, 15) is 4.39 Å². The summed E-state index contributed by atoms with van der Waals surface area (Å²) in [6, 6.07) is 4.59. The Morgan fingerprint density at radius 3 is 2.93 bits per heavy atom. The van der Waals surface area contributed by atoms with E-state index in [-0.39, 0.29) is 5.82 Å². The molecule has 0 heterocycles. The predicted octanol–water partition coefficient (Wildman–Crippen LogP) is 1.37. The lowest BCUT2D eigenvalue weighted by Crippen LogP contribution is -2.36. The normalized spacial score (nSPS) is 11.0. The van der Waals surface area contributed by atoms with Gasteiger partial charge in [0.1, 0.15) is 5.82 Å². The van der Waals surface area contributed by atoms with Gasteiger partial charge in [-0.2, -0.15) is 0 Å². The summed E-state index contributed by atoms with van der Waals surface area (Å²) in [5.74, 6) is 4.95. The number of halogens is 2. The standard InChI is InChI=1S/C10H15ClFN3/c1-15(7-14-13)5-4-8-6-9(11)2-3-10(8)12/h2-3,6,14H,4-5,7,13H2,1H3. The number of benzene rings is 1. The van der Waals surface area contributed by atoms with Crippen LogP contribution in [0.2, 0.25) is 5.02 Å². The van der Waals surface area contributed by atoms with Crippen LogP contribution >= 0.6 is 11.6 Å². The fourth-order valence-electron chi connectivity index (χ4n) is 1.28. The summed E-state index contributed by atoms with van der Waals surface area (Å²) >= 11 is 5.78. The molecular formula is C10H15ClFN3. The maximum absolute atomic E-state index is 13.3. The molecule has 0 aliphatic heterocycles. The fraction of sp³-hybridized carbons (Fsp3) is 0.400. The molecule has 1 rings (SSSR count). The zero-order valence-corrected chi connectivity index (χ0v) is 9.39. The molecule has 0 fully saturated rings. The van der Waals surface area contributed by atoms with E-state index in [4.69, 9.17) is 17.4 Å². The molecule has 0 aliphatic carbocycles. The topological polar surface area (TPSA) is 41.3 Å². The van der Waals surface area contributed by atoms with Crippen molar-refractivity contribution in [3.8, 4) is 0 Å². The first-order valence-corrected chi connectivity index (χ1v) is 5.07. The molecule has 0 amide bonds. The van der Waals surface area contributed by atoms with E-state index < -0.39 is 0 Å². The Hall–Kier alpha value is -0.680. The highest BCUT2D eigenvalue weighted by Gasteiger charge is 2.04. The molecule has 0 unspecified atom stereocenters. The summed E-state index contributed by atoms with van der Waals surface area (Å²) in [5, 5.41) is 0.561. The maximum Gasteiger partial charge on any atom is 0.126 e. The summed E-state index contributed by atoms with van der Waals surface area (Å²) in [6.45, 7) is 1.30. The van der Waals surface area contributed by atoms with Gasteiger partial charge in [0.25, 0.3) is 0 Å². The van der Waals surface area contributed by atoms with Crippen LogP contribution in [0.15, 0.2) is 18.2 Å². The number of nitrogens with two attached hydrogens (primary N) is 1. The molecule has 84 valence electrons. The van der Waals surface area contributed by atoms with Gasteiger partial charge in [-0.05, 0) is 37.2 Å². The second kappa shape index (κ2) is 6.02. The Bertz CT molecular complexity index is 320. The Balaban J connectivity index is 2.53. The summed E-state index contributed by atoms with van der Waals surface area (Å²) in [5.41, 5.74) is 3.17. The van der Waals surface area contributed by atoms with Gasteiger partial charge in [-0.1, -0.05) is 11.6 Å². The highest BCUT2D eigenvalue weighted by molar-refractivity contribution is 6.30. The molecule has 0 bridgehead atoms. The van der Waals surface area contributed by atoms with Gasteiger partial charge in [-0.25, -0.2) is 9.82 Å². The van der Waals surface area contributed by atoms with E-state index in [0.29, 0.717) is 23.7 Å². The van der Waals surface area contributed by atoms with Crippen LogP contribution in [0.5, 0.6) is 0 Å². The molecule has 0 spiro atoms. The molecule has 3 nitrogen and oxygen atoms in total. The van der Waals surface area contributed by atoms with Gasteiger partial charge in [0.15, 0.2) is 0 Å². The van der Waals surface area contributed by atoms with E-state index in [1.54, 1.807) is 12.1 Å². The highest BCUT2D eigenvalue weighted by atomic mass is 35.5. The molecule has 0 saturated heterocycles. The fourth-order valence-corrected chi connectivity index (χ4v) is 1.48. The molecule has 0 atom stereocenters. The smallest absolute Gasteiger partial charge is 0.126 e. The largest absolute Gasteiger partial charge is 0.292 e. The van der Waals surface area contributed by atoms with Crippen molar-refractivity contribution in [2.75, 3.05) is 20.3 Å². The van der Waals surface area contributed by atoms with Gasteiger partial charge in [0.2, 0.25) is 0 Å². The molecule has 1 aromatic rings. The number of hydrazine groups is 1. The first kappa shape index (κ1) is 12.4. The average Bonchev–Trinajstić information content (AvgIpc) is 2.20. The van der Waals surface area contributed by atoms with Crippen molar-refractivity contribution in [2.24, 2.45) is 5.84 Å². The van der Waals surface area contributed by atoms with Gasteiger partial charge in [0, 0.05) is 11.6 Å². The SMILES string of the molecule is CN(CCc1cc(Cl)ccc1F)CNN. The summed E-state index contributed by atoms with van der Waals surface area (Å²) in [7, 11) is 1.91. The van der Waals surface area contributed by atoms with Crippen LogP contribution < -0.4 is 11.3 Å². The lowest BCUT2D eigenvalue weighted by atomic mass is 10.1. The van der Waals surface area contributed by atoms with E-state index >= 15 is 0 Å². The molecule has 15 heavy (non-hydrogen) atoms. The second-order valence-corrected chi connectivity index (χ2v) is 3.86. The van der Waals surface area contributed by atoms with Gasteiger partial charge >= 0.3 is 0 Å². The van der Waals surface area contributed by atoms with Gasteiger partial charge in [-0.15, -0.1) is 0 Å². The number of rotatable bonds is 5. The molecule has 3 N–H and O–H groups in total. The lowest BCUT2D eigenvalue weighted by Gasteiger charge is -2.15. The first-order valence-electron chi connectivity index (χ1n) is 4.69. The Morgan fingerprint density at radius 2 is 2.27 bits per heavy atom. The van der Waals surface area contributed by atoms with Gasteiger partial charge in [0.05, 0.1) is 6.67 Å². The highest BCUT2D eigenvalue weighted by Crippen LogP contribution is 2.15. The van der Waals surface area contributed by atoms with Crippen LogP contribution in [0.25, 0.3) is 0 Å². The monoisotopic (exact) mass is 231 g/mol. The predicted molar refractivity (Wildman–Crippen MR) is 59.9 cm³/mol. The van der Waals surface area contributed by atoms with Crippen molar-refractivity contribution in [1.82, 2.24) is 10.3 Å². The minimum absolute atomic E-state index is 0.214. The van der Waals surface area contributed by atoms with Gasteiger partial charge in [-0.3, -0.25) is 10.7 Å². The number of hydrogen-bond acceptors (Lipinski definition) is 3. The molecular weight excluding hydrogens is 217 g/mol. The Labute approximate surface area is 94.0 Å². The molecule has 0 saturated carbocycles. The molecule has 0 radical (unpaired) electrons. The van der Waals surface area contributed by atoms with Gasteiger partial charge < -0.3 is 0 Å². The van der Waals surface area contributed by atoms with Crippen molar-refractivity contribution in [3.05, 3.63) is 34.6 Å². The van der Waals surface area contributed by atoms with E-state index in [1.807, 2.05) is 11.9 Å². The van der Waals surface area contributed by atoms with Crippen LogP contribution in [0.1, 0.15) is 5.56 Å². The molecule has 5 heteroatoms. The minimum Gasteiger partial charge on any atom is -0.292 e. The third-order valence-corrected chi connectivity index (χ3v) is 2.37. The van der Waals surface area contributed by atoms with Crippen molar-refractivity contribution < 1.29 is 4.39 Å². The Morgan fingerprint density at radius 1 is 1.53 bits per heavy atom. The zero-order valence-electron chi connectivity index (χ0n) is 8.63. The van der Waals surface area contributed by atoms with Crippen molar-refractivity contribution in [2.45, 2.75) is 6.42 Å². The number of nitrogens with zero attached hydrogens (tertiary/aromatic N) is 1. The van der Waals surface area contributed by atoms with E-state index in [0.717, 1.165) is 6.54 Å². The van der Waals surface area contributed by atoms with E-state index in [2.05, 4.69) is 5.43 Å². The van der Waals surface area contributed by atoms with Crippen LogP contribution in [0, 0.1) is 5.82 Å². The average molecular weight is 232 g/mol. The minimum atomic E-state index is -0.214. The molecule has 0 aliphatic rings. The van der Waals surface area contributed by atoms with Crippen molar-refractivity contribution in [3.63, 3.8) is 0 Å². The third kappa shape index (κ3) is 4.13. The maximum atomic E-state index is 13.3. The van der Waals surface area contributed by atoms with Crippen molar-refractivity contribution in [1.29, 1.82) is 0 Å². The van der Waals surface area contributed by atoms with Crippen LogP contribution in [-0.4, -0.2) is 25.2 Å². The third-order valence-electron chi connectivity index (χ3n) is 2.13. The summed E-state index contributed by atoms with van der Waals surface area (Å²) in [6.07, 6.45) is 0.616. The second-order valence-electron chi connectivity index (χ2n) is 3.43. The van der Waals surface area contributed by atoms with Crippen LogP contribution in [-0.2, 0) is 6.42 Å².